The van der Waals surface area contributed by atoms with Crippen LogP contribution in [-0.4, -0.2) is 42.8 Å². The average molecular weight is 241 g/mol. The molecule has 6 heteroatoms. The molecule has 0 spiro atoms. The Kier molecular flexibility index (Phi) is 25.6. The molecule has 0 aliphatic carbocycles. The van der Waals surface area contributed by atoms with E-state index in [0.29, 0.717) is 0 Å². The van der Waals surface area contributed by atoms with Gasteiger partial charge in [0.2, 0.25) is 0 Å². The average Bonchev–Trinajstić information content (AvgIpc) is 0.811. The van der Waals surface area contributed by atoms with Crippen molar-refractivity contribution in [1.82, 2.24) is 0 Å². The second-order valence-electron chi connectivity index (χ2n) is 0.224. The molecule has 0 aliphatic rings. The fraction of sp³-hybridized carbons (Fsp3) is 0. The van der Waals surface area contributed by atoms with Gasteiger partial charge in [0.05, 0.1) is 5.09 Å². The van der Waals surface area contributed by atoms with E-state index in [-0.39, 0.29) is 73.3 Å². The zero-order valence-electron chi connectivity index (χ0n) is 2.96. The summed E-state index contributed by atoms with van der Waals surface area (Å²) in [5.41, 5.74) is 0. The summed E-state index contributed by atoms with van der Waals surface area (Å²) in [7, 11) is 0. The van der Waals surface area contributed by atoms with Gasteiger partial charge in [-0.2, -0.15) is 0 Å². The number of hydrogen-bond acceptors (Lipinski definition) is 3. The summed E-state index contributed by atoms with van der Waals surface area (Å²) in [6.07, 6.45) is 0. The smallest absolute Gasteiger partial charge is 0.356 e. The van der Waals surface area contributed by atoms with Crippen LogP contribution in [0.25, 0.3) is 0 Å². The molecule has 0 aromatic rings. The molecule has 0 aromatic heterocycles. The second kappa shape index (κ2) is 9.82. The van der Waals surface area contributed by atoms with Gasteiger partial charge in [-0.25, -0.2) is 0 Å². The van der Waals surface area contributed by atoms with Crippen LogP contribution < -0.4 is 0 Å². The summed E-state index contributed by atoms with van der Waals surface area (Å²) < 4.78 is 0. The van der Waals surface area contributed by atoms with Crippen LogP contribution in [0.2, 0.25) is 0 Å². The van der Waals surface area contributed by atoms with Crippen LogP contribution in [0, 0.1) is 50.9 Å². The zero-order valence-corrected chi connectivity index (χ0v) is 8.79. The minimum atomic E-state index is -1.75. The predicted octanol–water partition coefficient (Wildman–Crippen LogP) is -0.620. The first-order valence-electron chi connectivity index (χ1n) is 0.548. The van der Waals surface area contributed by atoms with Gasteiger partial charge in [0.1, 0.15) is 0 Å². The maximum Gasteiger partial charge on any atom is 3.00 e. The fourth-order valence-electron chi connectivity index (χ4n) is 0. The maximum absolute atomic E-state index is 8.25. The zero-order chi connectivity index (χ0) is 3.58. The number of rotatable bonds is 0. The van der Waals surface area contributed by atoms with E-state index in [4.69, 9.17) is 15.3 Å². The maximum atomic E-state index is 8.25. The first-order valence-corrected chi connectivity index (χ1v) is 0.548. The van der Waals surface area contributed by atoms with Gasteiger partial charge in [-0.3, -0.25) is 0 Å². The third kappa shape index (κ3) is 44.8. The molecule has 0 heterocycles. The molecule has 0 amide bonds. The Bertz CT molecular complexity index is 33.8. The van der Waals surface area contributed by atoms with Gasteiger partial charge < -0.3 is 15.3 Å². The molecule has 0 aromatic carbocycles. The minimum Gasteiger partial charge on any atom is -0.356 e. The van der Waals surface area contributed by atoms with E-state index in [2.05, 4.69) is 0 Å². The fourth-order valence-corrected chi connectivity index (χ4v) is 0. The van der Waals surface area contributed by atoms with Gasteiger partial charge in [-0.05, 0) is 0 Å². The van der Waals surface area contributed by atoms with Crippen LogP contribution in [0.3, 0.4) is 0 Å². The van der Waals surface area contributed by atoms with E-state index in [9.17, 15) is 0 Å². The molecule has 0 radical (unpaired) electrons. The predicted molar refractivity (Wildman–Crippen MR) is 16.1 cm³/mol. The largest absolute Gasteiger partial charge is 3.00 e. The van der Waals surface area contributed by atoms with Crippen LogP contribution in [-0.2, 0) is 0 Å². The van der Waals surface area contributed by atoms with E-state index >= 15 is 0 Å². The van der Waals surface area contributed by atoms with Crippen molar-refractivity contribution in [3.8, 4) is 0 Å². The first-order chi connectivity index (χ1) is 1.73. The monoisotopic (exact) mass is 241 g/mol. The van der Waals surface area contributed by atoms with Crippen LogP contribution in [0.1, 0.15) is 0 Å². The second-order valence-corrected chi connectivity index (χ2v) is 0.224. The Labute approximate surface area is 92.0 Å². The third-order valence-electron chi connectivity index (χ3n) is 0. The van der Waals surface area contributed by atoms with Gasteiger partial charge in [0.25, 0.3) is 0 Å². The summed E-state index contributed by atoms with van der Waals surface area (Å²) in [6.45, 7) is 0. The molecule has 0 aliphatic heterocycles. The van der Waals surface area contributed by atoms with Crippen LogP contribution in [0.15, 0.2) is 0 Å². The minimum absolute atomic E-state index is 0. The summed E-state index contributed by atoms with van der Waals surface area (Å²) in [6, 6.07) is 0. The molecule has 0 atom stereocenters. The summed E-state index contributed by atoms with van der Waals surface area (Å²) in [4.78, 5) is 8.25. The quantitative estimate of drug-likeness (QED) is 0.322. The first kappa shape index (κ1) is 15.6. The number of nitrogens with zero attached hydrogens (tertiary/aromatic N) is 1. The SMILES string of the molecule is O=[N+]([O-])[O-].[Ca+2].[La+3]. The molecule has 6 heavy (non-hydrogen) atoms. The number of hydrogen-bond donors (Lipinski definition) is 0. The van der Waals surface area contributed by atoms with Gasteiger partial charge in [0, 0.05) is 0 Å². The van der Waals surface area contributed by atoms with Crippen molar-refractivity contribution < 1.29 is 40.7 Å². The van der Waals surface area contributed by atoms with Crippen LogP contribution in [0.4, 0.5) is 0 Å². The Morgan fingerprint density at radius 2 is 1.33 bits per heavy atom. The van der Waals surface area contributed by atoms with Crippen molar-refractivity contribution in [3.63, 3.8) is 0 Å². The Morgan fingerprint density at radius 3 is 1.33 bits per heavy atom. The van der Waals surface area contributed by atoms with Crippen molar-refractivity contribution in [3.05, 3.63) is 15.3 Å². The van der Waals surface area contributed by atoms with Crippen LogP contribution in [0.5, 0.6) is 0 Å². The normalized spacial score (nSPS) is 4.00. The molecule has 24 valence electrons. The molecule has 0 fully saturated rings. The van der Waals surface area contributed by atoms with E-state index in [0.717, 1.165) is 0 Å². The van der Waals surface area contributed by atoms with Crippen molar-refractivity contribution in [1.29, 1.82) is 0 Å². The van der Waals surface area contributed by atoms with Crippen molar-refractivity contribution >= 4 is 37.7 Å². The molecular weight excluding hydrogens is 241 g/mol. The summed E-state index contributed by atoms with van der Waals surface area (Å²) in [5.74, 6) is 0. The van der Waals surface area contributed by atoms with Crippen LogP contribution >= 0.6 is 0 Å². The van der Waals surface area contributed by atoms with E-state index in [1.54, 1.807) is 0 Å². The molecule has 0 saturated carbocycles. The Balaban J connectivity index is -0.0000000450. The third-order valence-corrected chi connectivity index (χ3v) is 0. The summed E-state index contributed by atoms with van der Waals surface area (Å²) >= 11 is 0. The van der Waals surface area contributed by atoms with Crippen molar-refractivity contribution in [2.45, 2.75) is 0 Å². The molecular formula is CaLaNO3+4. The van der Waals surface area contributed by atoms with E-state index in [1.165, 1.54) is 0 Å². The Morgan fingerprint density at radius 1 is 1.33 bits per heavy atom. The van der Waals surface area contributed by atoms with E-state index < -0.39 is 5.09 Å². The Hall–Kier alpha value is 1.65. The van der Waals surface area contributed by atoms with Gasteiger partial charge in [0.15, 0.2) is 0 Å². The molecule has 0 N–H and O–H groups in total. The van der Waals surface area contributed by atoms with Gasteiger partial charge >= 0.3 is 73.3 Å². The molecule has 4 nitrogen and oxygen atoms in total. The molecule has 0 saturated heterocycles. The van der Waals surface area contributed by atoms with E-state index in [1.807, 2.05) is 0 Å². The topological polar surface area (TPSA) is 66.2 Å². The standard InChI is InChI=1S/Ca.La.NO3/c;;2-1(3)4/q+2;+3;-1. The van der Waals surface area contributed by atoms with Gasteiger partial charge in [-0.1, -0.05) is 0 Å². The molecule has 0 rings (SSSR count). The molecule has 0 unspecified atom stereocenters. The summed E-state index contributed by atoms with van der Waals surface area (Å²) in [5, 5.41) is 14.8. The molecule has 0 bridgehead atoms. The van der Waals surface area contributed by atoms with Crippen molar-refractivity contribution in [2.24, 2.45) is 0 Å². The van der Waals surface area contributed by atoms with Gasteiger partial charge in [-0.15, -0.1) is 0 Å². The van der Waals surface area contributed by atoms with Crippen molar-refractivity contribution in [2.75, 3.05) is 0 Å².